The zero-order valence-corrected chi connectivity index (χ0v) is 24.1. The average molecular weight is 577 g/mol. The second-order valence-electron chi connectivity index (χ2n) is 10.8. The predicted octanol–water partition coefficient (Wildman–Crippen LogP) is 9.98. The lowest BCUT2D eigenvalue weighted by Crippen LogP contribution is -1.96. The highest BCUT2D eigenvalue weighted by molar-refractivity contribution is 6.12. The largest absolute Gasteiger partial charge is 0.456 e. The van der Waals surface area contributed by atoms with Crippen molar-refractivity contribution in [2.75, 3.05) is 0 Å². The zero-order valence-electron chi connectivity index (χ0n) is 24.1. The molecule has 0 saturated carbocycles. The Balaban J connectivity index is 1.22. The molecule has 45 heavy (non-hydrogen) atoms. The minimum atomic E-state index is 0.626. The number of nitrogens with zero attached hydrogens (tertiary/aromatic N) is 4. The van der Waals surface area contributed by atoms with Gasteiger partial charge in [-0.2, -0.15) is 5.26 Å². The van der Waals surface area contributed by atoms with Gasteiger partial charge in [0.15, 0.2) is 5.82 Å². The molecule has 0 bridgehead atoms. The van der Waals surface area contributed by atoms with E-state index in [4.69, 9.17) is 19.4 Å². The fourth-order valence-corrected chi connectivity index (χ4v) is 5.76. The minimum absolute atomic E-state index is 0.626. The summed E-state index contributed by atoms with van der Waals surface area (Å²) in [5, 5.41) is 11.3. The van der Waals surface area contributed by atoms with Crippen molar-refractivity contribution in [1.29, 1.82) is 5.26 Å². The number of fused-ring (bicyclic) bond motifs is 3. The Morgan fingerprint density at radius 2 is 1.13 bits per heavy atom. The molecule has 0 aliphatic heterocycles. The van der Waals surface area contributed by atoms with Gasteiger partial charge in [0.25, 0.3) is 0 Å². The van der Waals surface area contributed by atoms with Gasteiger partial charge >= 0.3 is 0 Å². The summed E-state index contributed by atoms with van der Waals surface area (Å²) in [5.41, 5.74) is 10.7. The van der Waals surface area contributed by atoms with Crippen LogP contribution in [-0.2, 0) is 0 Å². The molecule has 0 fully saturated rings. The molecule has 0 N–H and O–H groups in total. The summed E-state index contributed by atoms with van der Waals surface area (Å²) in [6.45, 7) is 0. The van der Waals surface area contributed by atoms with Crippen molar-refractivity contribution in [1.82, 2.24) is 15.0 Å². The van der Waals surface area contributed by atoms with E-state index in [2.05, 4.69) is 60.7 Å². The highest BCUT2D eigenvalue weighted by atomic mass is 16.3. The van der Waals surface area contributed by atoms with Gasteiger partial charge in [-0.05, 0) is 47.5 Å². The third kappa shape index (κ3) is 4.91. The second kappa shape index (κ2) is 11.0. The maximum Gasteiger partial charge on any atom is 0.160 e. The van der Waals surface area contributed by atoms with E-state index in [1.165, 1.54) is 0 Å². The first-order valence-corrected chi connectivity index (χ1v) is 14.7. The smallest absolute Gasteiger partial charge is 0.160 e. The maximum absolute atomic E-state index is 9.39. The Morgan fingerprint density at radius 1 is 0.511 bits per heavy atom. The molecule has 0 spiro atoms. The van der Waals surface area contributed by atoms with Crippen LogP contribution >= 0.6 is 0 Å². The van der Waals surface area contributed by atoms with Gasteiger partial charge in [-0.25, -0.2) is 9.97 Å². The van der Waals surface area contributed by atoms with Crippen LogP contribution < -0.4 is 0 Å². The Bertz CT molecular complexity index is 2310. The van der Waals surface area contributed by atoms with Crippen molar-refractivity contribution in [3.63, 3.8) is 0 Å². The van der Waals surface area contributed by atoms with E-state index in [0.717, 1.165) is 72.4 Å². The number of furan rings is 1. The predicted molar refractivity (Wildman–Crippen MR) is 179 cm³/mol. The SMILES string of the molecule is N#Cc1cccc(-c2ccc3oc4ccnc(-c5ccc(-c6nc(-c7ccccc7)cc(-c7ccccc7)n6)cc5)c4c3c2)c1. The van der Waals surface area contributed by atoms with Crippen LogP contribution in [0.5, 0.6) is 0 Å². The highest BCUT2D eigenvalue weighted by Crippen LogP contribution is 2.38. The normalized spacial score (nSPS) is 11.1. The van der Waals surface area contributed by atoms with Crippen LogP contribution in [0.15, 0.2) is 150 Å². The first-order valence-electron chi connectivity index (χ1n) is 14.7. The first kappa shape index (κ1) is 26.3. The minimum Gasteiger partial charge on any atom is -0.456 e. The molecule has 0 atom stereocenters. The first-order chi connectivity index (χ1) is 22.2. The number of nitriles is 1. The lowest BCUT2D eigenvalue weighted by Gasteiger charge is -2.10. The molecule has 0 unspecified atom stereocenters. The van der Waals surface area contributed by atoms with E-state index >= 15 is 0 Å². The van der Waals surface area contributed by atoms with Gasteiger partial charge in [-0.15, -0.1) is 0 Å². The Labute approximate surface area is 259 Å². The van der Waals surface area contributed by atoms with Crippen molar-refractivity contribution in [3.8, 4) is 62.4 Å². The zero-order chi connectivity index (χ0) is 30.2. The molecule has 8 rings (SSSR count). The molecular formula is C40H24N4O. The van der Waals surface area contributed by atoms with E-state index in [1.807, 2.05) is 84.9 Å². The lowest BCUT2D eigenvalue weighted by atomic mass is 9.99. The number of aromatic nitrogens is 3. The van der Waals surface area contributed by atoms with Gasteiger partial charge in [-0.1, -0.05) is 103 Å². The van der Waals surface area contributed by atoms with Crippen LogP contribution in [0.3, 0.4) is 0 Å². The van der Waals surface area contributed by atoms with Crippen LogP contribution in [0.2, 0.25) is 0 Å². The van der Waals surface area contributed by atoms with Crippen LogP contribution in [0.25, 0.3) is 78.2 Å². The van der Waals surface area contributed by atoms with Crippen molar-refractivity contribution >= 4 is 21.9 Å². The molecule has 0 aliphatic carbocycles. The molecule has 0 amide bonds. The van der Waals surface area contributed by atoms with Gasteiger partial charge in [0.2, 0.25) is 0 Å². The molecule has 0 radical (unpaired) electrons. The Kier molecular flexibility index (Phi) is 6.44. The number of rotatable bonds is 5. The molecule has 3 heterocycles. The second-order valence-corrected chi connectivity index (χ2v) is 10.8. The van der Waals surface area contributed by atoms with Gasteiger partial charge in [-0.3, -0.25) is 4.98 Å². The topological polar surface area (TPSA) is 75.6 Å². The lowest BCUT2D eigenvalue weighted by molar-refractivity contribution is 0.668. The molecule has 0 saturated heterocycles. The highest BCUT2D eigenvalue weighted by Gasteiger charge is 2.16. The fourth-order valence-electron chi connectivity index (χ4n) is 5.76. The number of benzene rings is 5. The van der Waals surface area contributed by atoms with Crippen LogP contribution in [0.4, 0.5) is 0 Å². The third-order valence-corrected chi connectivity index (χ3v) is 7.99. The monoisotopic (exact) mass is 576 g/mol. The van der Waals surface area contributed by atoms with E-state index in [-0.39, 0.29) is 0 Å². The van der Waals surface area contributed by atoms with Crippen molar-refractivity contribution in [2.24, 2.45) is 0 Å². The molecule has 3 aromatic heterocycles. The van der Waals surface area contributed by atoms with Gasteiger partial charge in [0.1, 0.15) is 11.2 Å². The number of pyridine rings is 1. The van der Waals surface area contributed by atoms with E-state index in [0.29, 0.717) is 11.4 Å². The summed E-state index contributed by atoms with van der Waals surface area (Å²) in [7, 11) is 0. The molecule has 5 nitrogen and oxygen atoms in total. The number of hydrogen-bond acceptors (Lipinski definition) is 5. The van der Waals surface area contributed by atoms with Gasteiger partial charge in [0.05, 0.1) is 34.1 Å². The summed E-state index contributed by atoms with van der Waals surface area (Å²) in [6.07, 6.45) is 1.78. The summed E-state index contributed by atoms with van der Waals surface area (Å²) in [4.78, 5) is 14.8. The summed E-state index contributed by atoms with van der Waals surface area (Å²) in [5.74, 6) is 0.658. The van der Waals surface area contributed by atoms with Crippen LogP contribution in [0.1, 0.15) is 5.56 Å². The molecule has 210 valence electrons. The van der Waals surface area contributed by atoms with E-state index in [1.54, 1.807) is 6.20 Å². The average Bonchev–Trinajstić information content (AvgIpc) is 3.50. The fraction of sp³-hybridized carbons (Fsp3) is 0. The van der Waals surface area contributed by atoms with Crippen molar-refractivity contribution < 1.29 is 4.42 Å². The Morgan fingerprint density at radius 3 is 1.82 bits per heavy atom. The molecular weight excluding hydrogens is 552 g/mol. The molecule has 8 aromatic rings. The molecule has 0 aliphatic rings. The van der Waals surface area contributed by atoms with E-state index in [9.17, 15) is 5.26 Å². The van der Waals surface area contributed by atoms with Crippen molar-refractivity contribution in [2.45, 2.75) is 0 Å². The molecule has 5 aromatic carbocycles. The summed E-state index contributed by atoms with van der Waals surface area (Å²) in [6, 6.07) is 48.5. The van der Waals surface area contributed by atoms with Crippen LogP contribution in [0, 0.1) is 11.3 Å². The Hall–Kier alpha value is -6.38. The van der Waals surface area contributed by atoms with Gasteiger partial charge in [0, 0.05) is 33.8 Å². The molecule has 5 heteroatoms. The third-order valence-electron chi connectivity index (χ3n) is 7.99. The van der Waals surface area contributed by atoms with E-state index < -0.39 is 0 Å². The standard InChI is InChI=1S/C40H24N4O/c41-25-26-8-7-13-31(22-26)32-18-19-36-33(23-32)38-37(45-36)20-21-42-39(38)29-14-16-30(17-15-29)40-43-34(27-9-3-1-4-10-27)24-35(44-40)28-11-5-2-6-12-28/h1-24H. The number of hydrogen-bond donors (Lipinski definition) is 0. The summed E-state index contributed by atoms with van der Waals surface area (Å²) >= 11 is 0. The van der Waals surface area contributed by atoms with Crippen LogP contribution in [-0.4, -0.2) is 15.0 Å². The van der Waals surface area contributed by atoms with Gasteiger partial charge < -0.3 is 4.42 Å². The maximum atomic E-state index is 9.39. The van der Waals surface area contributed by atoms with Crippen molar-refractivity contribution in [3.05, 3.63) is 151 Å². The quantitative estimate of drug-likeness (QED) is 0.204. The summed E-state index contributed by atoms with van der Waals surface area (Å²) < 4.78 is 6.24.